The van der Waals surface area contributed by atoms with Crippen molar-refractivity contribution in [1.82, 2.24) is 9.62 Å². The summed E-state index contributed by atoms with van der Waals surface area (Å²) < 4.78 is 25.4. The van der Waals surface area contributed by atoms with Crippen LogP contribution in [0.2, 0.25) is 0 Å². The number of hydrogen-bond acceptors (Lipinski definition) is 3. The van der Waals surface area contributed by atoms with Crippen LogP contribution in [0.1, 0.15) is 25.3 Å². The molecule has 0 aromatic heterocycles. The molecule has 1 fully saturated rings. The highest BCUT2D eigenvalue weighted by molar-refractivity contribution is 7.89. The molecule has 1 saturated heterocycles. The van der Waals surface area contributed by atoms with Crippen molar-refractivity contribution in [2.75, 3.05) is 18.8 Å². The van der Waals surface area contributed by atoms with Gasteiger partial charge in [-0.15, -0.1) is 0 Å². The van der Waals surface area contributed by atoms with E-state index in [4.69, 9.17) is 0 Å². The lowest BCUT2D eigenvalue weighted by atomic mass is 10.0. The van der Waals surface area contributed by atoms with Crippen LogP contribution in [-0.4, -0.2) is 37.6 Å². The number of nitrogens with zero attached hydrogens (tertiary/aromatic N) is 1. The number of nitrogens with one attached hydrogen (secondary N) is 1. The quantitative estimate of drug-likeness (QED) is 0.916. The van der Waals surface area contributed by atoms with Crippen LogP contribution in [0.3, 0.4) is 0 Å². The van der Waals surface area contributed by atoms with E-state index in [1.807, 2.05) is 0 Å². The third-order valence-corrected chi connectivity index (χ3v) is 6.50. The second kappa shape index (κ2) is 6.99. The van der Waals surface area contributed by atoms with E-state index < -0.39 is 10.0 Å². The minimum Gasteiger partial charge on any atom is -0.310 e. The monoisotopic (exact) mass is 332 g/mol. The van der Waals surface area contributed by atoms with E-state index in [0.717, 1.165) is 19.4 Å². The Hall–Kier alpha value is -1.43. The molecule has 1 N–H and O–H groups in total. The third kappa shape index (κ3) is 3.91. The smallest absolute Gasteiger partial charge is 0.213 e. The van der Waals surface area contributed by atoms with E-state index >= 15 is 0 Å². The highest BCUT2D eigenvalue weighted by atomic mass is 32.2. The minimum atomic E-state index is -3.03. The van der Waals surface area contributed by atoms with Crippen molar-refractivity contribution >= 4 is 20.8 Å². The molecule has 0 radical (unpaired) electrons. The lowest BCUT2D eigenvalue weighted by molar-refractivity contribution is 0.289. The van der Waals surface area contributed by atoms with E-state index in [2.05, 4.69) is 47.8 Å². The molecule has 1 aliphatic heterocycles. The fourth-order valence-electron chi connectivity index (χ4n) is 3.13. The largest absolute Gasteiger partial charge is 0.310 e. The first-order chi connectivity index (χ1) is 11.1. The predicted octanol–water partition coefficient (Wildman–Crippen LogP) is 2.74. The first kappa shape index (κ1) is 16.4. The Labute approximate surface area is 138 Å². The Bertz CT molecular complexity index is 765. The van der Waals surface area contributed by atoms with Crippen molar-refractivity contribution in [1.29, 1.82) is 0 Å². The van der Waals surface area contributed by atoms with Gasteiger partial charge in [-0.25, -0.2) is 12.7 Å². The summed E-state index contributed by atoms with van der Waals surface area (Å²) in [5, 5.41) is 6.09. The first-order valence-electron chi connectivity index (χ1n) is 8.27. The molecule has 2 aromatic rings. The summed E-state index contributed by atoms with van der Waals surface area (Å²) in [5.74, 6) is 0.197. The van der Waals surface area contributed by atoms with Crippen LogP contribution in [0, 0.1) is 0 Å². The molecule has 0 bridgehead atoms. The molecule has 2 aromatic carbocycles. The minimum absolute atomic E-state index is 0.197. The summed E-state index contributed by atoms with van der Waals surface area (Å²) in [4.78, 5) is 0. The van der Waals surface area contributed by atoms with Crippen molar-refractivity contribution in [2.24, 2.45) is 0 Å². The fourth-order valence-corrected chi connectivity index (χ4v) is 4.26. The lowest BCUT2D eigenvalue weighted by Crippen LogP contribution is -2.45. The van der Waals surface area contributed by atoms with Gasteiger partial charge in [-0.05, 0) is 42.2 Å². The summed E-state index contributed by atoms with van der Waals surface area (Å²) >= 11 is 0. The highest BCUT2D eigenvalue weighted by Crippen LogP contribution is 2.17. The average Bonchev–Trinajstić information content (AvgIpc) is 2.60. The third-order valence-electron chi connectivity index (χ3n) is 4.62. The summed E-state index contributed by atoms with van der Waals surface area (Å²) in [6.45, 7) is 3.80. The maximum Gasteiger partial charge on any atom is 0.213 e. The van der Waals surface area contributed by atoms with Crippen molar-refractivity contribution < 1.29 is 8.42 Å². The normalized spacial score (nSPS) is 17.6. The van der Waals surface area contributed by atoms with Crippen LogP contribution in [0.4, 0.5) is 0 Å². The number of sulfonamides is 1. The van der Waals surface area contributed by atoms with Gasteiger partial charge >= 0.3 is 0 Å². The van der Waals surface area contributed by atoms with Gasteiger partial charge in [-0.1, -0.05) is 36.4 Å². The average molecular weight is 332 g/mol. The molecule has 124 valence electrons. The summed E-state index contributed by atoms with van der Waals surface area (Å²) in [6, 6.07) is 15.3. The Kier molecular flexibility index (Phi) is 4.99. The number of fused-ring (bicyclic) bond motifs is 1. The van der Waals surface area contributed by atoms with Gasteiger partial charge in [-0.3, -0.25) is 0 Å². The zero-order chi connectivity index (χ0) is 16.3. The Balaban J connectivity index is 1.55. The molecule has 3 rings (SSSR count). The zero-order valence-corrected chi connectivity index (χ0v) is 14.3. The fraction of sp³-hybridized carbons (Fsp3) is 0.444. The van der Waals surface area contributed by atoms with Crippen LogP contribution in [0.15, 0.2) is 42.5 Å². The summed E-state index contributed by atoms with van der Waals surface area (Å²) in [7, 11) is -3.03. The van der Waals surface area contributed by atoms with E-state index in [1.54, 1.807) is 11.2 Å². The Morgan fingerprint density at radius 2 is 1.78 bits per heavy atom. The van der Waals surface area contributed by atoms with Gasteiger partial charge in [0.1, 0.15) is 0 Å². The van der Waals surface area contributed by atoms with Gasteiger partial charge in [0.05, 0.1) is 5.75 Å². The highest BCUT2D eigenvalue weighted by Gasteiger charge is 2.26. The number of piperidine rings is 1. The van der Waals surface area contributed by atoms with Gasteiger partial charge < -0.3 is 5.32 Å². The molecule has 0 aliphatic carbocycles. The molecule has 0 unspecified atom stereocenters. The Morgan fingerprint density at radius 1 is 1.09 bits per heavy atom. The van der Waals surface area contributed by atoms with Gasteiger partial charge in [0.2, 0.25) is 10.0 Å². The van der Waals surface area contributed by atoms with Crippen molar-refractivity contribution in [3.8, 4) is 0 Å². The second-order valence-corrected chi connectivity index (χ2v) is 8.39. The maximum absolute atomic E-state index is 11.9. The predicted molar refractivity (Wildman–Crippen MR) is 94.8 cm³/mol. The topological polar surface area (TPSA) is 49.4 Å². The van der Waals surface area contributed by atoms with Crippen molar-refractivity contribution in [3.63, 3.8) is 0 Å². The number of hydrogen-bond donors (Lipinski definition) is 1. The van der Waals surface area contributed by atoms with E-state index in [1.165, 1.54) is 16.3 Å². The summed E-state index contributed by atoms with van der Waals surface area (Å²) in [5.41, 5.74) is 1.27. The van der Waals surface area contributed by atoms with E-state index in [9.17, 15) is 8.42 Å². The molecule has 23 heavy (non-hydrogen) atoms. The zero-order valence-electron chi connectivity index (χ0n) is 13.5. The van der Waals surface area contributed by atoms with Gasteiger partial charge in [0.15, 0.2) is 0 Å². The molecule has 0 amide bonds. The molecule has 4 nitrogen and oxygen atoms in total. The molecule has 0 saturated carbocycles. The molecule has 1 heterocycles. The van der Waals surface area contributed by atoms with E-state index in [0.29, 0.717) is 19.1 Å². The maximum atomic E-state index is 11.9. The van der Waals surface area contributed by atoms with Crippen LogP contribution in [-0.2, 0) is 16.6 Å². The molecule has 5 heteroatoms. The molecule has 0 spiro atoms. The van der Waals surface area contributed by atoms with Crippen LogP contribution >= 0.6 is 0 Å². The van der Waals surface area contributed by atoms with Crippen LogP contribution in [0.5, 0.6) is 0 Å². The number of rotatable bonds is 5. The van der Waals surface area contributed by atoms with Crippen LogP contribution in [0.25, 0.3) is 10.8 Å². The second-order valence-electron chi connectivity index (χ2n) is 6.14. The van der Waals surface area contributed by atoms with Gasteiger partial charge in [0.25, 0.3) is 0 Å². The van der Waals surface area contributed by atoms with E-state index in [-0.39, 0.29) is 5.75 Å². The Morgan fingerprint density at radius 3 is 2.48 bits per heavy atom. The lowest BCUT2D eigenvalue weighted by Gasteiger charge is -2.31. The molecular formula is C18H24N2O2S. The van der Waals surface area contributed by atoms with Gasteiger partial charge in [0, 0.05) is 25.7 Å². The molecular weight excluding hydrogens is 308 g/mol. The van der Waals surface area contributed by atoms with Crippen molar-refractivity contribution in [2.45, 2.75) is 32.4 Å². The van der Waals surface area contributed by atoms with Crippen molar-refractivity contribution in [3.05, 3.63) is 48.0 Å². The standard InChI is InChI=1S/C18H24N2O2S/c1-2-23(21,22)20-11-9-18(10-12-20)19-14-15-7-8-16-5-3-4-6-17(16)13-15/h3-8,13,18-19H,2,9-12,14H2,1H3. The first-order valence-corrected chi connectivity index (χ1v) is 9.88. The van der Waals surface area contributed by atoms with Crippen LogP contribution < -0.4 is 5.32 Å². The van der Waals surface area contributed by atoms with Gasteiger partial charge in [-0.2, -0.15) is 0 Å². The summed E-state index contributed by atoms with van der Waals surface area (Å²) in [6.07, 6.45) is 1.76. The molecule has 1 aliphatic rings. The number of benzene rings is 2. The molecule has 0 atom stereocenters. The SMILES string of the molecule is CCS(=O)(=O)N1CCC(NCc2ccc3ccccc3c2)CC1.